The summed E-state index contributed by atoms with van der Waals surface area (Å²) < 4.78 is 11.8. The van der Waals surface area contributed by atoms with Crippen LogP contribution in [0.15, 0.2) is 12.1 Å². The van der Waals surface area contributed by atoms with Gasteiger partial charge in [0.05, 0.1) is 24.2 Å². The van der Waals surface area contributed by atoms with Gasteiger partial charge in [-0.05, 0) is 63.1 Å². The Kier molecular flexibility index (Phi) is 3.63. The van der Waals surface area contributed by atoms with Crippen LogP contribution in [0.4, 0.5) is 0 Å². The van der Waals surface area contributed by atoms with Gasteiger partial charge in [-0.25, -0.2) is 0 Å². The molecule has 3 aliphatic carbocycles. The standard InChI is InChI=1S/C21H29NO4/c1-20-17-13-6-7-15(25-2)18(17)26-19(20)14(23)8-9-21(20,24)16(10-13)22-11-12-4-3-5-12/h6-7,12,14,16,19,22-24H,3-5,8-11H2,1-2H3/t14?,16-,19?,20?,21-/m0/s1. The van der Waals surface area contributed by atoms with Crippen molar-refractivity contribution in [3.05, 3.63) is 23.3 Å². The third-order valence-corrected chi connectivity index (χ3v) is 7.71. The first-order chi connectivity index (χ1) is 12.5. The van der Waals surface area contributed by atoms with Crippen LogP contribution in [-0.4, -0.2) is 47.7 Å². The maximum absolute atomic E-state index is 12.0. The summed E-state index contributed by atoms with van der Waals surface area (Å²) in [5.74, 6) is 2.15. The van der Waals surface area contributed by atoms with E-state index in [1.54, 1.807) is 7.11 Å². The molecule has 142 valence electrons. The number of aliphatic hydroxyl groups excluding tert-OH is 1. The van der Waals surface area contributed by atoms with Gasteiger partial charge in [0.2, 0.25) is 0 Å². The van der Waals surface area contributed by atoms with Gasteiger partial charge in [-0.2, -0.15) is 0 Å². The lowest BCUT2D eigenvalue weighted by molar-refractivity contribution is -0.159. The van der Waals surface area contributed by atoms with Crippen molar-refractivity contribution in [3.63, 3.8) is 0 Å². The van der Waals surface area contributed by atoms with E-state index in [4.69, 9.17) is 9.47 Å². The molecule has 1 aromatic carbocycles. The molecule has 5 rings (SSSR count). The van der Waals surface area contributed by atoms with Crippen LogP contribution in [0.1, 0.15) is 50.2 Å². The molecule has 2 fully saturated rings. The van der Waals surface area contributed by atoms with E-state index in [0.717, 1.165) is 24.4 Å². The molecule has 1 aliphatic heterocycles. The Hall–Kier alpha value is -1.30. The molecule has 0 saturated heterocycles. The first-order valence-corrected chi connectivity index (χ1v) is 10.00. The van der Waals surface area contributed by atoms with Crippen LogP contribution in [0.3, 0.4) is 0 Å². The molecule has 0 radical (unpaired) electrons. The first-order valence-electron chi connectivity index (χ1n) is 10.00. The quantitative estimate of drug-likeness (QED) is 0.766. The highest BCUT2D eigenvalue weighted by Crippen LogP contribution is 2.61. The second-order valence-corrected chi connectivity index (χ2v) is 8.86. The Morgan fingerprint density at radius 1 is 1.31 bits per heavy atom. The summed E-state index contributed by atoms with van der Waals surface area (Å²) in [4.78, 5) is 0. The first kappa shape index (κ1) is 16.8. The fraction of sp³-hybridized carbons (Fsp3) is 0.714. The number of aliphatic hydroxyl groups is 2. The van der Waals surface area contributed by atoms with E-state index in [0.29, 0.717) is 24.3 Å². The molecule has 1 heterocycles. The summed E-state index contributed by atoms with van der Waals surface area (Å²) in [6.07, 6.45) is 4.84. The van der Waals surface area contributed by atoms with Gasteiger partial charge in [0.1, 0.15) is 6.10 Å². The van der Waals surface area contributed by atoms with E-state index in [-0.39, 0.29) is 6.04 Å². The van der Waals surface area contributed by atoms with Crippen molar-refractivity contribution in [2.24, 2.45) is 5.92 Å². The molecular weight excluding hydrogens is 330 g/mol. The zero-order chi connectivity index (χ0) is 18.1. The van der Waals surface area contributed by atoms with Crippen LogP contribution >= 0.6 is 0 Å². The van der Waals surface area contributed by atoms with Crippen molar-refractivity contribution in [3.8, 4) is 11.5 Å². The second-order valence-electron chi connectivity index (χ2n) is 8.86. The van der Waals surface area contributed by atoms with Crippen LogP contribution in [0.2, 0.25) is 0 Å². The molecule has 1 aromatic rings. The van der Waals surface area contributed by atoms with Gasteiger partial charge >= 0.3 is 0 Å². The third-order valence-electron chi connectivity index (χ3n) is 7.71. The molecule has 5 atom stereocenters. The molecule has 0 spiro atoms. The maximum Gasteiger partial charge on any atom is 0.166 e. The van der Waals surface area contributed by atoms with Crippen LogP contribution in [0, 0.1) is 5.92 Å². The van der Waals surface area contributed by atoms with Gasteiger partial charge in [-0.3, -0.25) is 0 Å². The number of hydrogen-bond donors (Lipinski definition) is 3. The third kappa shape index (κ3) is 1.97. The lowest BCUT2D eigenvalue weighted by atomic mass is 9.52. The van der Waals surface area contributed by atoms with Crippen molar-refractivity contribution in [1.82, 2.24) is 5.32 Å². The van der Waals surface area contributed by atoms with E-state index in [2.05, 4.69) is 18.3 Å². The van der Waals surface area contributed by atoms with Gasteiger partial charge in [0.15, 0.2) is 11.5 Å². The Morgan fingerprint density at radius 3 is 2.81 bits per heavy atom. The largest absolute Gasteiger partial charge is 0.493 e. The fourth-order valence-corrected chi connectivity index (χ4v) is 5.89. The minimum atomic E-state index is -0.925. The lowest BCUT2D eigenvalue weighted by Gasteiger charge is -2.57. The van der Waals surface area contributed by atoms with Crippen LogP contribution < -0.4 is 14.8 Å². The average molecular weight is 359 g/mol. The van der Waals surface area contributed by atoms with Crippen molar-refractivity contribution in [1.29, 1.82) is 0 Å². The van der Waals surface area contributed by atoms with Gasteiger partial charge < -0.3 is 25.0 Å². The summed E-state index contributed by atoms with van der Waals surface area (Å²) in [6, 6.07) is 4.04. The summed E-state index contributed by atoms with van der Waals surface area (Å²) in [5, 5.41) is 26.3. The molecule has 4 aliphatic rings. The molecule has 2 saturated carbocycles. The number of rotatable bonds is 4. The van der Waals surface area contributed by atoms with E-state index >= 15 is 0 Å². The maximum atomic E-state index is 12.0. The summed E-state index contributed by atoms with van der Waals surface area (Å²) in [5.41, 5.74) is 0.700. The Labute approximate surface area is 154 Å². The molecule has 3 unspecified atom stereocenters. The van der Waals surface area contributed by atoms with E-state index < -0.39 is 23.2 Å². The molecule has 5 nitrogen and oxygen atoms in total. The van der Waals surface area contributed by atoms with Crippen molar-refractivity contribution in [2.45, 2.75) is 74.7 Å². The SMILES string of the molecule is COc1ccc2c3c1OC1C(O)CC[C@](O)([C@@H](NCC4CCC4)C2)C31C. The number of methoxy groups -OCH3 is 1. The predicted octanol–water partition coefficient (Wildman–Crippen LogP) is 1.91. The second kappa shape index (κ2) is 5.60. The minimum absolute atomic E-state index is 0.0152. The van der Waals surface area contributed by atoms with Crippen LogP contribution in [0.25, 0.3) is 0 Å². The molecule has 0 amide bonds. The normalized spacial score (nSPS) is 40.5. The minimum Gasteiger partial charge on any atom is -0.493 e. The highest BCUT2D eigenvalue weighted by Gasteiger charge is 2.68. The van der Waals surface area contributed by atoms with Crippen LogP contribution in [-0.2, 0) is 11.8 Å². The lowest BCUT2D eigenvalue weighted by Crippen LogP contribution is -2.72. The predicted molar refractivity (Wildman–Crippen MR) is 97.8 cm³/mol. The average Bonchev–Trinajstić information content (AvgIpc) is 2.92. The van der Waals surface area contributed by atoms with Crippen molar-refractivity contribution >= 4 is 0 Å². The molecule has 3 N–H and O–H groups in total. The fourth-order valence-electron chi connectivity index (χ4n) is 5.89. The van der Waals surface area contributed by atoms with Crippen molar-refractivity contribution in [2.75, 3.05) is 13.7 Å². The smallest absolute Gasteiger partial charge is 0.166 e. The summed E-state index contributed by atoms with van der Waals surface area (Å²) >= 11 is 0. The van der Waals surface area contributed by atoms with Gasteiger partial charge in [-0.15, -0.1) is 0 Å². The Morgan fingerprint density at radius 2 is 2.12 bits per heavy atom. The number of benzene rings is 1. The Balaban J connectivity index is 1.60. The van der Waals surface area contributed by atoms with E-state index in [1.807, 2.05) is 6.07 Å². The zero-order valence-corrected chi connectivity index (χ0v) is 15.6. The zero-order valence-electron chi connectivity index (χ0n) is 15.6. The highest BCUT2D eigenvalue weighted by molar-refractivity contribution is 5.62. The van der Waals surface area contributed by atoms with Gasteiger partial charge in [0, 0.05) is 11.6 Å². The number of ether oxygens (including phenoxy) is 2. The molecule has 5 heteroatoms. The molecule has 26 heavy (non-hydrogen) atoms. The topological polar surface area (TPSA) is 71.0 Å². The van der Waals surface area contributed by atoms with E-state index in [9.17, 15) is 10.2 Å². The molecule has 0 aromatic heterocycles. The number of hydrogen-bond acceptors (Lipinski definition) is 5. The van der Waals surface area contributed by atoms with Gasteiger partial charge in [-0.1, -0.05) is 12.5 Å². The van der Waals surface area contributed by atoms with E-state index in [1.165, 1.54) is 24.8 Å². The molecular formula is C21H29NO4. The molecule has 0 bridgehead atoms. The van der Waals surface area contributed by atoms with Crippen molar-refractivity contribution < 1.29 is 19.7 Å². The summed E-state index contributed by atoms with van der Waals surface area (Å²) in [6.45, 7) is 3.04. The highest BCUT2D eigenvalue weighted by atomic mass is 16.5. The Bertz CT molecular complexity index is 733. The van der Waals surface area contributed by atoms with Gasteiger partial charge in [0.25, 0.3) is 0 Å². The number of nitrogens with one attached hydrogen (secondary N) is 1. The monoisotopic (exact) mass is 359 g/mol. The van der Waals surface area contributed by atoms with Crippen LogP contribution in [0.5, 0.6) is 11.5 Å². The summed E-state index contributed by atoms with van der Waals surface area (Å²) in [7, 11) is 1.64.